The molecule has 1 unspecified atom stereocenters. The van der Waals surface area contributed by atoms with Gasteiger partial charge in [-0.3, -0.25) is 0 Å². The van der Waals surface area contributed by atoms with Crippen molar-refractivity contribution in [2.24, 2.45) is 0 Å². The van der Waals surface area contributed by atoms with E-state index in [0.717, 1.165) is 12.4 Å². The van der Waals surface area contributed by atoms with Crippen molar-refractivity contribution in [3.05, 3.63) is 40.6 Å². The highest BCUT2D eigenvalue weighted by Crippen LogP contribution is 2.18. The zero-order chi connectivity index (χ0) is 10.7. The van der Waals surface area contributed by atoms with Crippen LogP contribution in [-0.4, -0.2) is 9.97 Å². The molecular formula is C10H10FN3S. The number of rotatable bonds is 3. The number of hydrogen-bond acceptors (Lipinski definition) is 4. The lowest BCUT2D eigenvalue weighted by molar-refractivity contribution is 0.613. The fraction of sp³-hybridized carbons (Fsp3) is 0.200. The molecule has 0 aromatic carbocycles. The van der Waals surface area contributed by atoms with Crippen LogP contribution in [0.3, 0.4) is 0 Å². The van der Waals surface area contributed by atoms with Crippen molar-refractivity contribution < 1.29 is 4.39 Å². The van der Waals surface area contributed by atoms with E-state index in [1.165, 1.54) is 5.56 Å². The summed E-state index contributed by atoms with van der Waals surface area (Å²) in [5, 5.41) is 7.16. The first-order valence-corrected chi connectivity index (χ1v) is 5.46. The Kier molecular flexibility index (Phi) is 2.91. The van der Waals surface area contributed by atoms with Crippen LogP contribution in [0, 0.1) is 5.82 Å². The molecule has 2 aromatic heterocycles. The zero-order valence-corrected chi connectivity index (χ0v) is 8.96. The van der Waals surface area contributed by atoms with Gasteiger partial charge in [0.05, 0.1) is 18.4 Å². The molecule has 2 aromatic rings. The maximum atomic E-state index is 12.5. The summed E-state index contributed by atoms with van der Waals surface area (Å²) in [6.45, 7) is 2.01. The summed E-state index contributed by atoms with van der Waals surface area (Å²) in [7, 11) is 0. The van der Waals surface area contributed by atoms with E-state index in [4.69, 9.17) is 0 Å². The Morgan fingerprint density at radius 3 is 2.73 bits per heavy atom. The van der Waals surface area contributed by atoms with Gasteiger partial charge in [-0.1, -0.05) is 0 Å². The Morgan fingerprint density at radius 1 is 1.40 bits per heavy atom. The van der Waals surface area contributed by atoms with Crippen molar-refractivity contribution >= 4 is 17.3 Å². The minimum absolute atomic E-state index is 0.127. The first kappa shape index (κ1) is 10.0. The number of nitrogens with zero attached hydrogens (tertiary/aromatic N) is 2. The van der Waals surface area contributed by atoms with E-state index < -0.39 is 5.82 Å². The third-order valence-electron chi connectivity index (χ3n) is 2.01. The topological polar surface area (TPSA) is 37.8 Å². The summed E-state index contributed by atoms with van der Waals surface area (Å²) in [5.74, 6) is 0.0128. The molecule has 5 heteroatoms. The minimum Gasteiger partial charge on any atom is -0.348 e. The summed E-state index contributed by atoms with van der Waals surface area (Å²) >= 11 is 1.64. The van der Waals surface area contributed by atoms with Crippen molar-refractivity contribution in [3.63, 3.8) is 0 Å². The van der Waals surface area contributed by atoms with Gasteiger partial charge < -0.3 is 5.32 Å². The number of hydrogen-bond donors (Lipinski definition) is 1. The molecule has 0 saturated heterocycles. The molecule has 0 bridgehead atoms. The van der Waals surface area contributed by atoms with E-state index in [2.05, 4.69) is 20.7 Å². The molecule has 0 aliphatic heterocycles. The van der Waals surface area contributed by atoms with Crippen LogP contribution in [0.1, 0.15) is 18.5 Å². The van der Waals surface area contributed by atoms with Crippen LogP contribution >= 0.6 is 11.3 Å². The van der Waals surface area contributed by atoms with Crippen molar-refractivity contribution in [2.75, 3.05) is 5.32 Å². The second kappa shape index (κ2) is 4.35. The van der Waals surface area contributed by atoms with Gasteiger partial charge in [0.25, 0.3) is 0 Å². The van der Waals surface area contributed by atoms with E-state index in [1.807, 2.05) is 18.4 Å². The van der Waals surface area contributed by atoms with Gasteiger partial charge in [-0.25, -0.2) is 14.4 Å². The molecule has 0 aliphatic carbocycles. The molecule has 0 saturated carbocycles. The molecule has 1 atom stereocenters. The Morgan fingerprint density at radius 2 is 2.13 bits per heavy atom. The quantitative estimate of drug-likeness (QED) is 0.869. The second-order valence-corrected chi connectivity index (χ2v) is 3.93. The molecule has 1 N–H and O–H groups in total. The van der Waals surface area contributed by atoms with Crippen LogP contribution in [0.4, 0.5) is 10.3 Å². The molecule has 2 rings (SSSR count). The van der Waals surface area contributed by atoms with Crippen LogP contribution in [0.5, 0.6) is 0 Å². The van der Waals surface area contributed by atoms with Crippen molar-refractivity contribution in [2.45, 2.75) is 13.0 Å². The highest BCUT2D eigenvalue weighted by Gasteiger charge is 2.06. The molecule has 0 amide bonds. The molecule has 0 spiro atoms. The van der Waals surface area contributed by atoms with Crippen molar-refractivity contribution in [1.29, 1.82) is 0 Å². The smallest absolute Gasteiger partial charge is 0.223 e. The van der Waals surface area contributed by atoms with Gasteiger partial charge in [-0.15, -0.1) is 0 Å². The molecule has 0 fully saturated rings. The predicted molar refractivity (Wildman–Crippen MR) is 58.3 cm³/mol. The predicted octanol–water partition coefficient (Wildman–Crippen LogP) is 2.85. The fourth-order valence-corrected chi connectivity index (χ4v) is 1.94. The Hall–Kier alpha value is -1.49. The van der Waals surface area contributed by atoms with E-state index >= 15 is 0 Å². The largest absolute Gasteiger partial charge is 0.348 e. The van der Waals surface area contributed by atoms with Gasteiger partial charge in [0.15, 0.2) is 5.82 Å². The van der Waals surface area contributed by atoms with Gasteiger partial charge in [0, 0.05) is 0 Å². The third-order valence-corrected chi connectivity index (χ3v) is 2.71. The van der Waals surface area contributed by atoms with Crippen molar-refractivity contribution in [3.8, 4) is 0 Å². The normalized spacial score (nSPS) is 12.4. The molecule has 0 radical (unpaired) electrons. The molecule has 78 valence electrons. The lowest BCUT2D eigenvalue weighted by Gasteiger charge is -2.11. The summed E-state index contributed by atoms with van der Waals surface area (Å²) in [4.78, 5) is 7.67. The Labute approximate surface area is 91.0 Å². The maximum Gasteiger partial charge on any atom is 0.223 e. The summed E-state index contributed by atoms with van der Waals surface area (Å²) < 4.78 is 12.5. The molecular weight excluding hydrogens is 213 g/mol. The SMILES string of the molecule is CC(Nc1ncc(F)cn1)c1ccsc1. The van der Waals surface area contributed by atoms with Gasteiger partial charge in [-0.05, 0) is 29.3 Å². The number of aromatic nitrogens is 2. The highest BCUT2D eigenvalue weighted by molar-refractivity contribution is 7.07. The average Bonchev–Trinajstić information content (AvgIpc) is 2.74. The van der Waals surface area contributed by atoms with Gasteiger partial charge in [0.2, 0.25) is 5.95 Å². The maximum absolute atomic E-state index is 12.5. The number of thiophene rings is 1. The number of halogens is 1. The first-order valence-electron chi connectivity index (χ1n) is 4.52. The minimum atomic E-state index is -0.427. The van der Waals surface area contributed by atoms with Crippen LogP contribution in [-0.2, 0) is 0 Å². The van der Waals surface area contributed by atoms with Crippen LogP contribution in [0.15, 0.2) is 29.2 Å². The first-order chi connectivity index (χ1) is 7.25. The molecule has 15 heavy (non-hydrogen) atoms. The Balaban J connectivity index is 2.06. The van der Waals surface area contributed by atoms with E-state index in [0.29, 0.717) is 5.95 Å². The molecule has 2 heterocycles. The van der Waals surface area contributed by atoms with Crippen LogP contribution < -0.4 is 5.32 Å². The zero-order valence-electron chi connectivity index (χ0n) is 8.14. The standard InChI is InChI=1S/C10H10FN3S/c1-7(8-2-3-15-6-8)14-10-12-4-9(11)5-13-10/h2-7H,1H3,(H,12,13,14). The summed E-state index contributed by atoms with van der Waals surface area (Å²) in [5.41, 5.74) is 1.17. The van der Waals surface area contributed by atoms with Gasteiger partial charge in [0.1, 0.15) is 0 Å². The summed E-state index contributed by atoms with van der Waals surface area (Å²) in [6, 6.07) is 2.16. The summed E-state index contributed by atoms with van der Waals surface area (Å²) in [6.07, 6.45) is 2.30. The second-order valence-electron chi connectivity index (χ2n) is 3.15. The van der Waals surface area contributed by atoms with Crippen molar-refractivity contribution in [1.82, 2.24) is 9.97 Å². The lowest BCUT2D eigenvalue weighted by atomic mass is 10.2. The van der Waals surface area contributed by atoms with Crippen LogP contribution in [0.2, 0.25) is 0 Å². The van der Waals surface area contributed by atoms with E-state index in [9.17, 15) is 4.39 Å². The molecule has 3 nitrogen and oxygen atoms in total. The number of anilines is 1. The average molecular weight is 223 g/mol. The number of nitrogens with one attached hydrogen (secondary N) is 1. The highest BCUT2D eigenvalue weighted by atomic mass is 32.1. The third kappa shape index (κ3) is 2.50. The van der Waals surface area contributed by atoms with Gasteiger partial charge >= 0.3 is 0 Å². The fourth-order valence-electron chi connectivity index (χ4n) is 1.19. The lowest BCUT2D eigenvalue weighted by Crippen LogP contribution is -2.08. The molecule has 0 aliphatic rings. The Bertz CT molecular complexity index is 413. The van der Waals surface area contributed by atoms with Crippen LogP contribution in [0.25, 0.3) is 0 Å². The monoisotopic (exact) mass is 223 g/mol. The van der Waals surface area contributed by atoms with E-state index in [-0.39, 0.29) is 6.04 Å². The van der Waals surface area contributed by atoms with E-state index in [1.54, 1.807) is 11.3 Å². The van der Waals surface area contributed by atoms with Gasteiger partial charge in [-0.2, -0.15) is 11.3 Å².